The van der Waals surface area contributed by atoms with Crippen LogP contribution in [0.5, 0.6) is 0 Å². The van der Waals surface area contributed by atoms with Gasteiger partial charge in [0, 0.05) is 30.8 Å². The summed E-state index contributed by atoms with van der Waals surface area (Å²) in [4.78, 5) is 16.5. The van der Waals surface area contributed by atoms with Crippen LogP contribution in [-0.4, -0.2) is 68.3 Å². The van der Waals surface area contributed by atoms with Gasteiger partial charge in [-0.2, -0.15) is 15.5 Å². The van der Waals surface area contributed by atoms with Gasteiger partial charge in [0.2, 0.25) is 5.91 Å². The molecule has 7 rings (SSSR count). The number of anilines is 1. The van der Waals surface area contributed by atoms with E-state index in [-0.39, 0.29) is 37.0 Å². The lowest BCUT2D eigenvalue weighted by atomic mass is 9.88. The summed E-state index contributed by atoms with van der Waals surface area (Å²) < 4.78 is 44.3. The SMILES string of the molecule is C[C@@H]1CN(c2ccc(C#N)n3ncc(F)c23)Cc2c3ccc(C4CCN(CC(=O)NC5CC(F)(F)C5)CC4)cc3nn21. The van der Waals surface area contributed by atoms with Crippen molar-refractivity contribution in [2.45, 2.75) is 63.1 Å². The zero-order valence-electron chi connectivity index (χ0n) is 23.2. The van der Waals surface area contributed by atoms with Crippen LogP contribution in [0.15, 0.2) is 36.5 Å². The minimum absolute atomic E-state index is 0.0480. The molecule has 0 radical (unpaired) electrons. The molecule has 3 aliphatic rings. The number of pyridine rings is 1. The number of carbonyl (C=O) groups is 1. The number of halogens is 3. The topological polar surface area (TPSA) is 94.5 Å². The zero-order chi connectivity index (χ0) is 29.2. The molecule has 9 nitrogen and oxygen atoms in total. The molecule has 1 saturated carbocycles. The molecule has 0 bridgehead atoms. The fourth-order valence-corrected chi connectivity index (χ4v) is 6.83. The van der Waals surface area contributed by atoms with Crippen molar-refractivity contribution in [3.8, 4) is 6.07 Å². The third-order valence-corrected chi connectivity index (χ3v) is 9.00. The average Bonchev–Trinajstić information content (AvgIpc) is 3.53. The van der Waals surface area contributed by atoms with Gasteiger partial charge in [-0.3, -0.25) is 14.4 Å². The van der Waals surface area contributed by atoms with E-state index in [9.17, 15) is 23.2 Å². The molecule has 42 heavy (non-hydrogen) atoms. The Morgan fingerprint density at radius 1 is 1.19 bits per heavy atom. The van der Waals surface area contributed by atoms with Gasteiger partial charge in [-0.05, 0) is 62.5 Å². The number of carbonyl (C=O) groups excluding carboxylic acids is 1. The molecule has 0 unspecified atom stereocenters. The molecule has 218 valence electrons. The first-order valence-corrected chi connectivity index (χ1v) is 14.4. The number of nitrogens with zero attached hydrogens (tertiary/aromatic N) is 7. The van der Waals surface area contributed by atoms with E-state index in [0.29, 0.717) is 30.2 Å². The lowest BCUT2D eigenvalue weighted by Gasteiger charge is -2.36. The van der Waals surface area contributed by atoms with E-state index in [2.05, 4.69) is 56.1 Å². The second kappa shape index (κ2) is 10.0. The summed E-state index contributed by atoms with van der Waals surface area (Å²) in [6, 6.07) is 11.6. The summed E-state index contributed by atoms with van der Waals surface area (Å²) in [6.45, 7) is 5.06. The third-order valence-electron chi connectivity index (χ3n) is 9.00. The quantitative estimate of drug-likeness (QED) is 0.379. The van der Waals surface area contributed by atoms with Crippen LogP contribution in [0.3, 0.4) is 0 Å². The lowest BCUT2D eigenvalue weighted by Crippen LogP contribution is -2.53. The van der Waals surface area contributed by atoms with Crippen molar-refractivity contribution in [1.82, 2.24) is 29.6 Å². The molecule has 1 atom stereocenters. The highest BCUT2D eigenvalue weighted by molar-refractivity contribution is 5.84. The molecular formula is C30H31F3N8O. The molecule has 4 aromatic rings. The minimum Gasteiger partial charge on any atom is -0.362 e. The van der Waals surface area contributed by atoms with E-state index in [0.717, 1.165) is 48.7 Å². The number of rotatable bonds is 5. The molecule has 1 amide bonds. The van der Waals surface area contributed by atoms with Crippen LogP contribution in [-0.2, 0) is 11.3 Å². The van der Waals surface area contributed by atoms with Crippen molar-refractivity contribution in [1.29, 1.82) is 5.26 Å². The highest BCUT2D eigenvalue weighted by Gasteiger charge is 2.46. The number of alkyl halides is 2. The first kappa shape index (κ1) is 26.8. The molecule has 12 heteroatoms. The van der Waals surface area contributed by atoms with Crippen molar-refractivity contribution in [3.63, 3.8) is 0 Å². The predicted octanol–water partition coefficient (Wildman–Crippen LogP) is 4.37. The molecule has 2 fully saturated rings. The molecule has 0 spiro atoms. The van der Waals surface area contributed by atoms with Gasteiger partial charge in [-0.1, -0.05) is 12.1 Å². The highest BCUT2D eigenvalue weighted by atomic mass is 19.3. The minimum atomic E-state index is -2.64. The first-order valence-electron chi connectivity index (χ1n) is 14.4. The normalized spacial score (nSPS) is 21.3. The van der Waals surface area contributed by atoms with Crippen molar-refractivity contribution in [3.05, 3.63) is 59.3 Å². The summed E-state index contributed by atoms with van der Waals surface area (Å²) in [6.07, 6.45) is 2.43. The van der Waals surface area contributed by atoms with E-state index >= 15 is 0 Å². The summed E-state index contributed by atoms with van der Waals surface area (Å²) in [5, 5.41) is 22.2. The van der Waals surface area contributed by atoms with Gasteiger partial charge in [-0.15, -0.1) is 0 Å². The second-order valence-corrected chi connectivity index (χ2v) is 11.9. The fourth-order valence-electron chi connectivity index (χ4n) is 6.83. The number of hydrogen-bond donors (Lipinski definition) is 1. The summed E-state index contributed by atoms with van der Waals surface area (Å²) >= 11 is 0. The standard InChI is InChI=1S/C30H31F3N8O/c1-18-15-39(26-5-3-22(13-34)41-29(26)24(31)14-35-41)16-27-23-4-2-20(10-25(23)37-40(18)27)19-6-8-38(9-7-19)17-28(42)36-21-11-30(32,33)12-21/h2-5,10,14,18-19,21H,6-9,11-12,15-17H2,1H3,(H,36,42)/t18-/m1/s1. The summed E-state index contributed by atoms with van der Waals surface area (Å²) in [5.41, 5.74) is 4.48. The van der Waals surface area contributed by atoms with Crippen LogP contribution >= 0.6 is 0 Å². The maximum atomic E-state index is 14.8. The Hall–Kier alpha value is -4.11. The van der Waals surface area contributed by atoms with Gasteiger partial charge in [0.15, 0.2) is 5.82 Å². The lowest BCUT2D eigenvalue weighted by molar-refractivity contribution is -0.130. The molecule has 1 saturated heterocycles. The number of fused-ring (bicyclic) bond motifs is 4. The van der Waals surface area contributed by atoms with Gasteiger partial charge >= 0.3 is 0 Å². The number of benzene rings is 1. The van der Waals surface area contributed by atoms with Gasteiger partial charge in [0.1, 0.15) is 17.3 Å². The van der Waals surface area contributed by atoms with Crippen molar-refractivity contribution >= 4 is 28.0 Å². The van der Waals surface area contributed by atoms with Crippen LogP contribution in [0.4, 0.5) is 18.9 Å². The van der Waals surface area contributed by atoms with Crippen LogP contribution in [0, 0.1) is 17.1 Å². The van der Waals surface area contributed by atoms with E-state index in [1.54, 1.807) is 12.1 Å². The van der Waals surface area contributed by atoms with Crippen molar-refractivity contribution in [2.75, 3.05) is 31.1 Å². The van der Waals surface area contributed by atoms with Crippen LogP contribution in [0.1, 0.15) is 61.5 Å². The van der Waals surface area contributed by atoms with Crippen LogP contribution in [0.2, 0.25) is 0 Å². The largest absolute Gasteiger partial charge is 0.362 e. The van der Waals surface area contributed by atoms with E-state index in [1.807, 2.05) is 0 Å². The number of nitriles is 1. The van der Waals surface area contributed by atoms with Crippen molar-refractivity contribution in [2.24, 2.45) is 0 Å². The third kappa shape index (κ3) is 4.65. The smallest absolute Gasteiger partial charge is 0.252 e. The number of piperidine rings is 1. The molecule has 2 aliphatic heterocycles. The maximum absolute atomic E-state index is 14.8. The van der Waals surface area contributed by atoms with E-state index < -0.39 is 17.8 Å². The highest BCUT2D eigenvalue weighted by Crippen LogP contribution is 2.38. The second-order valence-electron chi connectivity index (χ2n) is 11.9. The Labute approximate surface area is 240 Å². The predicted molar refractivity (Wildman–Crippen MR) is 150 cm³/mol. The van der Waals surface area contributed by atoms with Gasteiger partial charge < -0.3 is 10.2 Å². The molecular weight excluding hydrogens is 545 g/mol. The maximum Gasteiger partial charge on any atom is 0.252 e. The Balaban J connectivity index is 1.05. The molecule has 3 aromatic heterocycles. The number of likely N-dealkylation sites (tertiary alicyclic amines) is 1. The monoisotopic (exact) mass is 576 g/mol. The van der Waals surface area contributed by atoms with E-state index in [4.69, 9.17) is 5.10 Å². The Bertz CT molecular complexity index is 1720. The van der Waals surface area contributed by atoms with Gasteiger partial charge in [-0.25, -0.2) is 17.7 Å². The average molecular weight is 577 g/mol. The Kier molecular flexibility index (Phi) is 6.38. The number of aromatic nitrogens is 4. The Morgan fingerprint density at radius 3 is 2.71 bits per heavy atom. The number of hydrogen-bond acceptors (Lipinski definition) is 6. The molecule has 1 aromatic carbocycles. The summed E-state index contributed by atoms with van der Waals surface area (Å²) in [5.74, 6) is -2.93. The zero-order valence-corrected chi connectivity index (χ0v) is 23.2. The van der Waals surface area contributed by atoms with Crippen molar-refractivity contribution < 1.29 is 18.0 Å². The van der Waals surface area contributed by atoms with Gasteiger partial charge in [0.05, 0.1) is 42.2 Å². The first-order chi connectivity index (χ1) is 20.2. The number of amides is 1. The van der Waals surface area contributed by atoms with Crippen LogP contribution in [0.25, 0.3) is 16.4 Å². The number of nitrogens with one attached hydrogen (secondary N) is 1. The van der Waals surface area contributed by atoms with Gasteiger partial charge in [0.25, 0.3) is 5.92 Å². The summed E-state index contributed by atoms with van der Waals surface area (Å²) in [7, 11) is 0. The fraction of sp³-hybridized carbons (Fsp3) is 0.467. The Morgan fingerprint density at radius 2 is 1.98 bits per heavy atom. The molecule has 1 N–H and O–H groups in total. The molecule has 1 aliphatic carbocycles. The van der Waals surface area contributed by atoms with E-state index in [1.165, 1.54) is 10.1 Å². The molecule has 5 heterocycles. The van der Waals surface area contributed by atoms with Crippen LogP contribution < -0.4 is 10.2 Å².